The van der Waals surface area contributed by atoms with Gasteiger partial charge in [-0.05, 0) is 36.8 Å². The number of hydrazine groups is 1. The molecule has 29 heavy (non-hydrogen) atoms. The number of ether oxygens (including phenoxy) is 1. The minimum atomic E-state index is -0.343. The summed E-state index contributed by atoms with van der Waals surface area (Å²) in [4.78, 5) is 28.6. The molecule has 0 aliphatic heterocycles. The molecule has 150 valence electrons. The van der Waals surface area contributed by atoms with Gasteiger partial charge in [-0.3, -0.25) is 20.4 Å². The van der Waals surface area contributed by atoms with Gasteiger partial charge < -0.3 is 4.74 Å². The second-order valence-corrected chi connectivity index (χ2v) is 7.44. The van der Waals surface area contributed by atoms with Crippen molar-refractivity contribution >= 4 is 34.8 Å². The van der Waals surface area contributed by atoms with Crippen LogP contribution in [0.15, 0.2) is 53.9 Å². The normalized spacial score (nSPS) is 10.4. The molecule has 0 aliphatic rings. The molecule has 2 aromatic carbocycles. The van der Waals surface area contributed by atoms with Crippen molar-refractivity contribution in [3.05, 3.63) is 70.2 Å². The summed E-state index contributed by atoms with van der Waals surface area (Å²) in [5.41, 5.74) is 7.15. The van der Waals surface area contributed by atoms with E-state index in [-0.39, 0.29) is 24.7 Å². The highest BCUT2D eigenvalue weighted by atomic mass is 35.5. The first-order chi connectivity index (χ1) is 14.0. The number of hydrogen-bond donors (Lipinski definition) is 2. The Morgan fingerprint density at radius 3 is 2.45 bits per heavy atom. The zero-order valence-electron chi connectivity index (χ0n) is 15.8. The number of aromatic nitrogens is 1. The fraction of sp³-hybridized carbons (Fsp3) is 0.190. The van der Waals surface area contributed by atoms with Crippen LogP contribution in [0.25, 0.3) is 10.6 Å². The largest absolute Gasteiger partial charge is 0.493 e. The molecule has 0 fully saturated rings. The van der Waals surface area contributed by atoms with Crippen molar-refractivity contribution in [2.45, 2.75) is 19.8 Å². The molecular formula is C21H20ClN3O3S. The summed E-state index contributed by atoms with van der Waals surface area (Å²) in [6, 6.07) is 14.6. The topological polar surface area (TPSA) is 80.3 Å². The monoisotopic (exact) mass is 429 g/mol. The van der Waals surface area contributed by atoms with E-state index >= 15 is 0 Å². The van der Waals surface area contributed by atoms with Crippen LogP contribution in [0.4, 0.5) is 0 Å². The smallest absolute Gasteiger partial charge is 0.244 e. The molecule has 0 saturated heterocycles. The maximum Gasteiger partial charge on any atom is 0.244 e. The first kappa shape index (κ1) is 20.8. The summed E-state index contributed by atoms with van der Waals surface area (Å²) in [6.07, 6.45) is 0.209. The lowest BCUT2D eigenvalue weighted by molar-refractivity contribution is -0.128. The Morgan fingerprint density at radius 1 is 1.03 bits per heavy atom. The number of benzene rings is 2. The number of thiazole rings is 1. The van der Waals surface area contributed by atoms with Gasteiger partial charge in [0.25, 0.3) is 0 Å². The van der Waals surface area contributed by atoms with Crippen molar-refractivity contribution in [3.63, 3.8) is 0 Å². The van der Waals surface area contributed by atoms with E-state index in [0.717, 1.165) is 21.9 Å². The maximum atomic E-state index is 12.1. The number of hydrogen-bond acceptors (Lipinski definition) is 5. The van der Waals surface area contributed by atoms with Crippen LogP contribution in [0.2, 0.25) is 5.02 Å². The Labute approximate surface area is 177 Å². The second kappa shape index (κ2) is 10.0. The molecule has 2 N–H and O–H groups in total. The molecular weight excluding hydrogens is 410 g/mol. The predicted molar refractivity (Wildman–Crippen MR) is 114 cm³/mol. The second-order valence-electron chi connectivity index (χ2n) is 6.15. The van der Waals surface area contributed by atoms with Gasteiger partial charge in [0, 0.05) is 10.4 Å². The molecule has 1 heterocycles. The number of amides is 2. The fourth-order valence-corrected chi connectivity index (χ4v) is 3.59. The number of nitrogens with zero attached hydrogens (tertiary/aromatic N) is 1. The van der Waals surface area contributed by atoms with Crippen LogP contribution in [0.1, 0.15) is 18.2 Å². The zero-order chi connectivity index (χ0) is 20.6. The van der Waals surface area contributed by atoms with Gasteiger partial charge in [0.15, 0.2) is 0 Å². The van der Waals surface area contributed by atoms with Crippen LogP contribution in [0.5, 0.6) is 5.75 Å². The Hall–Kier alpha value is -2.90. The average Bonchev–Trinajstić information content (AvgIpc) is 3.17. The van der Waals surface area contributed by atoms with E-state index < -0.39 is 0 Å². The molecule has 3 rings (SSSR count). The molecule has 8 heteroatoms. The Kier molecular flexibility index (Phi) is 7.21. The first-order valence-electron chi connectivity index (χ1n) is 9.04. The van der Waals surface area contributed by atoms with Crippen molar-refractivity contribution in [2.75, 3.05) is 6.61 Å². The highest BCUT2D eigenvalue weighted by Crippen LogP contribution is 2.32. The summed E-state index contributed by atoms with van der Waals surface area (Å²) in [7, 11) is 0. The van der Waals surface area contributed by atoms with Gasteiger partial charge in [-0.15, -0.1) is 11.3 Å². The third-order valence-electron chi connectivity index (χ3n) is 3.93. The Balaban J connectivity index is 1.52. The standard InChI is InChI=1S/C21H20ClN3O3S/c1-2-28-18-6-4-3-5-17(18)21-23-16(13-29-21)12-20(27)25-24-19(26)11-14-7-9-15(22)10-8-14/h3-10,13H,2,11-12H2,1H3,(H,24,26)(H,25,27). The Bertz CT molecular complexity index is 989. The minimum absolute atomic E-state index is 0.0640. The quantitative estimate of drug-likeness (QED) is 0.560. The highest BCUT2D eigenvalue weighted by molar-refractivity contribution is 7.13. The van der Waals surface area contributed by atoms with Gasteiger partial charge in [0.05, 0.1) is 30.7 Å². The van der Waals surface area contributed by atoms with Crippen LogP contribution in [-0.2, 0) is 22.4 Å². The van der Waals surface area contributed by atoms with E-state index in [2.05, 4.69) is 15.8 Å². The van der Waals surface area contributed by atoms with Crippen LogP contribution < -0.4 is 15.6 Å². The first-order valence-corrected chi connectivity index (χ1v) is 10.3. The molecule has 1 aromatic heterocycles. The fourth-order valence-electron chi connectivity index (χ4n) is 2.62. The number of carbonyl (C=O) groups excluding carboxylic acids is 2. The molecule has 0 atom stereocenters. The molecule has 0 aliphatic carbocycles. The molecule has 0 radical (unpaired) electrons. The van der Waals surface area contributed by atoms with Crippen LogP contribution >= 0.6 is 22.9 Å². The lowest BCUT2D eigenvalue weighted by Crippen LogP contribution is -2.43. The zero-order valence-corrected chi connectivity index (χ0v) is 17.3. The van der Waals surface area contributed by atoms with E-state index in [0.29, 0.717) is 17.3 Å². The van der Waals surface area contributed by atoms with Crippen LogP contribution in [-0.4, -0.2) is 23.4 Å². The van der Waals surface area contributed by atoms with Crippen molar-refractivity contribution in [1.29, 1.82) is 0 Å². The number of nitrogens with one attached hydrogen (secondary N) is 2. The van der Waals surface area contributed by atoms with Gasteiger partial charge in [-0.25, -0.2) is 4.98 Å². The summed E-state index contributed by atoms with van der Waals surface area (Å²) in [5, 5.41) is 3.21. The van der Waals surface area contributed by atoms with Gasteiger partial charge in [-0.1, -0.05) is 35.9 Å². The number of halogens is 1. The van der Waals surface area contributed by atoms with E-state index in [1.54, 1.807) is 24.3 Å². The van der Waals surface area contributed by atoms with Crippen molar-refractivity contribution in [3.8, 4) is 16.3 Å². The highest BCUT2D eigenvalue weighted by Gasteiger charge is 2.13. The third-order valence-corrected chi connectivity index (χ3v) is 5.11. The predicted octanol–water partition coefficient (Wildman–Crippen LogP) is 3.79. The third kappa shape index (κ3) is 6.04. The van der Waals surface area contributed by atoms with Gasteiger partial charge in [0.2, 0.25) is 11.8 Å². The number of para-hydroxylation sites is 1. The minimum Gasteiger partial charge on any atom is -0.493 e. The summed E-state index contributed by atoms with van der Waals surface area (Å²) >= 11 is 7.27. The lowest BCUT2D eigenvalue weighted by Gasteiger charge is -2.07. The molecule has 6 nitrogen and oxygen atoms in total. The van der Waals surface area contributed by atoms with E-state index in [1.165, 1.54) is 11.3 Å². The van der Waals surface area contributed by atoms with Crippen molar-refractivity contribution in [2.24, 2.45) is 0 Å². The summed E-state index contributed by atoms with van der Waals surface area (Å²) < 4.78 is 5.63. The SMILES string of the molecule is CCOc1ccccc1-c1nc(CC(=O)NNC(=O)Cc2ccc(Cl)cc2)cs1. The molecule has 0 bridgehead atoms. The molecule has 0 unspecified atom stereocenters. The van der Waals surface area contributed by atoms with E-state index in [4.69, 9.17) is 16.3 Å². The van der Waals surface area contributed by atoms with Gasteiger partial charge >= 0.3 is 0 Å². The van der Waals surface area contributed by atoms with Gasteiger partial charge in [-0.2, -0.15) is 0 Å². The number of rotatable bonds is 7. The van der Waals surface area contributed by atoms with Gasteiger partial charge in [0.1, 0.15) is 10.8 Å². The van der Waals surface area contributed by atoms with Crippen molar-refractivity contribution < 1.29 is 14.3 Å². The Morgan fingerprint density at radius 2 is 1.72 bits per heavy atom. The summed E-state index contributed by atoms with van der Waals surface area (Å²) in [5.74, 6) is 0.101. The lowest BCUT2D eigenvalue weighted by atomic mass is 10.1. The number of carbonyl (C=O) groups is 2. The van der Waals surface area contributed by atoms with Crippen molar-refractivity contribution in [1.82, 2.24) is 15.8 Å². The molecule has 2 amide bonds. The van der Waals surface area contributed by atoms with E-state index in [1.807, 2.05) is 36.6 Å². The maximum absolute atomic E-state index is 12.1. The molecule has 0 spiro atoms. The average molecular weight is 430 g/mol. The summed E-state index contributed by atoms with van der Waals surface area (Å²) in [6.45, 7) is 2.49. The van der Waals surface area contributed by atoms with Crippen LogP contribution in [0, 0.1) is 0 Å². The molecule has 3 aromatic rings. The van der Waals surface area contributed by atoms with E-state index in [9.17, 15) is 9.59 Å². The molecule has 0 saturated carbocycles. The van der Waals surface area contributed by atoms with Crippen LogP contribution in [0.3, 0.4) is 0 Å².